The highest BCUT2D eigenvalue weighted by Crippen LogP contribution is 2.22. The molecule has 0 aliphatic rings. The van der Waals surface area contributed by atoms with Crippen LogP contribution in [0.4, 0.5) is 28.9 Å². The number of nitrogens with zero attached hydrogens (tertiary/aromatic N) is 2. The van der Waals surface area contributed by atoms with Gasteiger partial charge in [0.05, 0.1) is 22.9 Å². The van der Waals surface area contributed by atoms with Crippen molar-refractivity contribution in [2.24, 2.45) is 10.7 Å². The number of hydrogen-bond donors (Lipinski definition) is 2. The first-order chi connectivity index (χ1) is 13.6. The summed E-state index contributed by atoms with van der Waals surface area (Å²) in [5, 5.41) is 11.1. The number of carbonyl (C=O) groups is 2. The summed E-state index contributed by atoms with van der Waals surface area (Å²) in [5.74, 6) is -1.93. The first kappa shape index (κ1) is 21.3. The van der Waals surface area contributed by atoms with Gasteiger partial charge in [-0.25, -0.2) is 9.38 Å². The maximum absolute atomic E-state index is 13.4. The molecular weight excluding hydrogens is 392 g/mol. The Morgan fingerprint density at radius 1 is 1.21 bits per heavy atom. The highest BCUT2D eigenvalue weighted by molar-refractivity contribution is 6.47. The Balaban J connectivity index is 2.46. The van der Waals surface area contributed by atoms with E-state index in [2.05, 4.69) is 10.3 Å². The molecule has 0 aliphatic heterocycles. The first-order valence-electron chi connectivity index (χ1n) is 7.83. The van der Waals surface area contributed by atoms with Gasteiger partial charge in [-0.1, -0.05) is 6.07 Å². The minimum atomic E-state index is -4.91. The van der Waals surface area contributed by atoms with Crippen LogP contribution in [0.1, 0.15) is 15.9 Å². The summed E-state index contributed by atoms with van der Waals surface area (Å²) in [6.07, 6.45) is -4.36. The fourth-order valence-electron chi connectivity index (χ4n) is 2.07. The van der Waals surface area contributed by atoms with Crippen molar-refractivity contribution in [2.45, 2.75) is 6.18 Å². The van der Waals surface area contributed by atoms with E-state index in [0.29, 0.717) is 6.08 Å². The van der Waals surface area contributed by atoms with E-state index in [4.69, 9.17) is 11.0 Å². The van der Waals surface area contributed by atoms with Crippen molar-refractivity contribution in [1.82, 2.24) is 0 Å². The zero-order chi connectivity index (χ0) is 21.6. The number of nitrogens with one attached hydrogen (secondary N) is 1. The van der Waals surface area contributed by atoms with Gasteiger partial charge < -0.3 is 11.1 Å². The number of anilines is 1. The number of halogens is 4. The summed E-state index contributed by atoms with van der Waals surface area (Å²) in [5.41, 5.74) is 2.51. The minimum absolute atomic E-state index is 0.0353. The summed E-state index contributed by atoms with van der Waals surface area (Å²) in [4.78, 5) is 27.1. The monoisotopic (exact) mass is 404 g/mol. The number of alkyl halides is 3. The Labute approximate surface area is 162 Å². The molecule has 1 amide bonds. The minimum Gasteiger partial charge on any atom is -0.395 e. The summed E-state index contributed by atoms with van der Waals surface area (Å²) in [6, 6.07) is 10.4. The largest absolute Gasteiger partial charge is 0.430 e. The smallest absolute Gasteiger partial charge is 0.395 e. The maximum Gasteiger partial charge on any atom is 0.430 e. The zero-order valence-electron chi connectivity index (χ0n) is 14.5. The van der Waals surface area contributed by atoms with Gasteiger partial charge in [-0.15, -0.1) is 0 Å². The van der Waals surface area contributed by atoms with Gasteiger partial charge >= 0.3 is 6.18 Å². The normalized spacial score (nSPS) is 12.2. The quantitative estimate of drug-likeness (QED) is 0.451. The molecule has 0 atom stereocenters. The molecule has 2 aromatic rings. The van der Waals surface area contributed by atoms with E-state index >= 15 is 0 Å². The van der Waals surface area contributed by atoms with Crippen LogP contribution >= 0.6 is 0 Å². The summed E-state index contributed by atoms with van der Waals surface area (Å²) in [7, 11) is 0. The van der Waals surface area contributed by atoms with Crippen molar-refractivity contribution in [3.05, 3.63) is 71.2 Å². The van der Waals surface area contributed by atoms with Crippen LogP contribution in [0.15, 0.2) is 59.2 Å². The number of carbonyl (C=O) groups excluding carboxylic acids is 2. The highest BCUT2D eigenvalue weighted by atomic mass is 19.4. The second-order valence-corrected chi connectivity index (χ2v) is 5.56. The van der Waals surface area contributed by atoms with Gasteiger partial charge in [0.25, 0.3) is 5.91 Å². The predicted molar refractivity (Wildman–Crippen MR) is 97.0 cm³/mol. The molecule has 0 unspecified atom stereocenters. The van der Waals surface area contributed by atoms with E-state index < -0.39 is 29.3 Å². The lowest BCUT2D eigenvalue weighted by atomic mass is 10.2. The summed E-state index contributed by atoms with van der Waals surface area (Å²) in [6.45, 7) is 0. The number of allylic oxidation sites excluding steroid dienone is 1. The van der Waals surface area contributed by atoms with Gasteiger partial charge in [-0.3, -0.25) is 9.59 Å². The van der Waals surface area contributed by atoms with E-state index in [-0.39, 0.29) is 28.8 Å². The van der Waals surface area contributed by atoms with Crippen LogP contribution in [0.2, 0.25) is 0 Å². The number of benzene rings is 2. The number of rotatable bonds is 5. The molecule has 0 radical (unpaired) electrons. The SMILES string of the molecule is N#Cc1cccc(N=C(C=C(N)C(F)(F)F)C(=O)Nc2ccc(F)c(C=O)c2)c1. The molecule has 0 aliphatic carbocycles. The molecule has 148 valence electrons. The van der Waals surface area contributed by atoms with Crippen molar-refractivity contribution in [2.75, 3.05) is 5.32 Å². The van der Waals surface area contributed by atoms with Crippen LogP contribution in [0.25, 0.3) is 0 Å². The molecule has 29 heavy (non-hydrogen) atoms. The summed E-state index contributed by atoms with van der Waals surface area (Å²) < 4.78 is 51.8. The Kier molecular flexibility index (Phi) is 6.46. The molecule has 3 N–H and O–H groups in total. The third kappa shape index (κ3) is 5.74. The molecule has 0 heterocycles. The van der Waals surface area contributed by atoms with Crippen LogP contribution in [0, 0.1) is 17.1 Å². The van der Waals surface area contributed by atoms with Gasteiger partial charge in [0.15, 0.2) is 6.29 Å². The zero-order valence-corrected chi connectivity index (χ0v) is 14.5. The third-order valence-corrected chi connectivity index (χ3v) is 3.46. The third-order valence-electron chi connectivity index (χ3n) is 3.46. The molecule has 0 saturated heterocycles. The predicted octanol–water partition coefficient (Wildman–Crippen LogP) is 3.63. The highest BCUT2D eigenvalue weighted by Gasteiger charge is 2.32. The fraction of sp³-hybridized carbons (Fsp3) is 0.0526. The Morgan fingerprint density at radius 3 is 2.55 bits per heavy atom. The van der Waals surface area contributed by atoms with Gasteiger partial charge in [0.1, 0.15) is 17.2 Å². The van der Waals surface area contributed by atoms with E-state index in [1.54, 1.807) is 0 Å². The second-order valence-electron chi connectivity index (χ2n) is 5.56. The van der Waals surface area contributed by atoms with Gasteiger partial charge in [0.2, 0.25) is 0 Å². The Hall–Kier alpha value is -4.00. The van der Waals surface area contributed by atoms with Crippen LogP contribution < -0.4 is 11.1 Å². The second kappa shape index (κ2) is 8.79. The molecule has 2 rings (SSSR count). The van der Waals surface area contributed by atoms with Gasteiger partial charge in [0, 0.05) is 5.69 Å². The number of nitrogens with two attached hydrogens (primary N) is 1. The molecule has 2 aromatic carbocycles. The average molecular weight is 404 g/mol. The molecular formula is C19H12F4N4O2. The molecule has 0 aromatic heterocycles. The molecule has 6 nitrogen and oxygen atoms in total. The van der Waals surface area contributed by atoms with Crippen molar-refractivity contribution in [3.8, 4) is 6.07 Å². The van der Waals surface area contributed by atoms with Crippen LogP contribution in [0.3, 0.4) is 0 Å². The Bertz CT molecular complexity index is 1050. The Morgan fingerprint density at radius 2 is 1.93 bits per heavy atom. The maximum atomic E-state index is 13.4. The van der Waals surface area contributed by atoms with Crippen molar-refractivity contribution in [3.63, 3.8) is 0 Å². The topological polar surface area (TPSA) is 108 Å². The average Bonchev–Trinajstić information content (AvgIpc) is 2.68. The van der Waals surface area contributed by atoms with Crippen molar-refractivity contribution in [1.29, 1.82) is 5.26 Å². The van der Waals surface area contributed by atoms with E-state index in [1.807, 2.05) is 6.07 Å². The lowest BCUT2D eigenvalue weighted by molar-refractivity contribution is -0.110. The number of nitriles is 1. The molecule has 10 heteroatoms. The van der Waals surface area contributed by atoms with Crippen LogP contribution in [-0.4, -0.2) is 24.1 Å². The van der Waals surface area contributed by atoms with Crippen molar-refractivity contribution >= 4 is 29.3 Å². The lowest BCUT2D eigenvalue weighted by Gasteiger charge is -2.09. The van der Waals surface area contributed by atoms with Gasteiger partial charge in [-0.2, -0.15) is 18.4 Å². The number of hydrogen-bond acceptors (Lipinski definition) is 5. The standard InChI is InChI=1S/C19H12F4N4O2/c20-15-5-4-14(7-12(15)10-28)27-18(29)16(8-17(25)19(21,22)23)26-13-3-1-2-11(6-13)9-24/h1-8,10H,25H2,(H,27,29). The molecule has 0 bridgehead atoms. The van der Waals surface area contributed by atoms with Gasteiger partial charge in [-0.05, 0) is 42.5 Å². The molecule has 0 spiro atoms. The lowest BCUT2D eigenvalue weighted by Crippen LogP contribution is -2.26. The van der Waals surface area contributed by atoms with E-state index in [0.717, 1.165) is 18.2 Å². The first-order valence-corrected chi connectivity index (χ1v) is 7.83. The van der Waals surface area contributed by atoms with E-state index in [1.165, 1.54) is 24.3 Å². The number of aldehydes is 1. The van der Waals surface area contributed by atoms with E-state index in [9.17, 15) is 27.2 Å². The fourth-order valence-corrected chi connectivity index (χ4v) is 2.07. The number of amides is 1. The number of aliphatic imine (C=N–C) groups is 1. The van der Waals surface area contributed by atoms with Crippen LogP contribution in [0.5, 0.6) is 0 Å². The molecule has 0 fully saturated rings. The summed E-state index contributed by atoms with van der Waals surface area (Å²) >= 11 is 0. The van der Waals surface area contributed by atoms with Crippen molar-refractivity contribution < 1.29 is 27.2 Å². The van der Waals surface area contributed by atoms with Crippen LogP contribution in [-0.2, 0) is 4.79 Å². The molecule has 0 saturated carbocycles.